The van der Waals surface area contributed by atoms with Crippen molar-refractivity contribution in [1.29, 1.82) is 0 Å². The molecule has 0 atom stereocenters. The first-order valence-corrected chi connectivity index (χ1v) is 15.8. The van der Waals surface area contributed by atoms with Crippen molar-refractivity contribution in [2.45, 2.75) is 0 Å². The van der Waals surface area contributed by atoms with E-state index in [1.165, 1.54) is 82.0 Å². The summed E-state index contributed by atoms with van der Waals surface area (Å²) in [6, 6.07) is 59.6. The smallest absolute Gasteiger partial charge is 0.0346 e. The van der Waals surface area contributed by atoms with E-state index in [0.717, 1.165) is 5.56 Å². The van der Waals surface area contributed by atoms with Gasteiger partial charge in [0.15, 0.2) is 0 Å². The highest BCUT2D eigenvalue weighted by Gasteiger charge is 2.21. The fourth-order valence-corrected chi connectivity index (χ4v) is 7.32. The fourth-order valence-electron chi connectivity index (χ4n) is 7.32. The molecule has 1 heteroatoms. The summed E-state index contributed by atoms with van der Waals surface area (Å²) in [4.78, 5) is 4.52. The molecule has 0 radical (unpaired) electrons. The molecule has 214 valence electrons. The number of rotatable bonds is 4. The van der Waals surface area contributed by atoms with Gasteiger partial charge >= 0.3 is 0 Å². The zero-order chi connectivity index (χ0) is 30.5. The summed E-state index contributed by atoms with van der Waals surface area (Å²) in [5.41, 5.74) is 9.73. The van der Waals surface area contributed by atoms with Crippen LogP contribution >= 0.6 is 0 Å². The van der Waals surface area contributed by atoms with Crippen molar-refractivity contribution in [2.75, 3.05) is 0 Å². The second-order valence-corrected chi connectivity index (χ2v) is 11.9. The molecule has 0 unspecified atom stereocenters. The third-order valence-corrected chi connectivity index (χ3v) is 9.32. The standard InChI is InChI=1S/C45H29N/c1-2-14-31(15-3-1)41-28-42(35-18-6-7-19-36(35)44(41)34-17-12-26-46-29-34)45-39-22-10-8-20-37(39)43(38-21-9-11-23-40(38)45)33-25-24-30-13-4-5-16-32(30)27-33/h1-29H. The molecule has 1 nitrogen and oxygen atoms in total. The monoisotopic (exact) mass is 583 g/mol. The van der Waals surface area contributed by atoms with Gasteiger partial charge in [0.1, 0.15) is 0 Å². The van der Waals surface area contributed by atoms with Crippen molar-refractivity contribution < 1.29 is 0 Å². The average Bonchev–Trinajstić information content (AvgIpc) is 3.14. The lowest BCUT2D eigenvalue weighted by molar-refractivity contribution is 1.33. The molecule has 0 spiro atoms. The lowest BCUT2D eigenvalue weighted by Crippen LogP contribution is -1.95. The SMILES string of the molecule is c1ccc(-c2cc(-c3c4ccccc4c(-c4ccc5ccccc5c4)c4ccccc34)c3ccccc3c2-c2cccnc2)cc1. The molecule has 0 N–H and O–H groups in total. The van der Waals surface area contributed by atoms with Gasteiger partial charge in [-0.2, -0.15) is 0 Å². The quantitative estimate of drug-likeness (QED) is 0.188. The lowest BCUT2D eigenvalue weighted by Gasteiger charge is -2.22. The molecule has 8 aromatic carbocycles. The van der Waals surface area contributed by atoms with Gasteiger partial charge in [-0.3, -0.25) is 4.98 Å². The second kappa shape index (κ2) is 10.8. The summed E-state index contributed by atoms with van der Waals surface area (Å²) in [5.74, 6) is 0. The van der Waals surface area contributed by atoms with Gasteiger partial charge in [-0.05, 0) is 100 Å². The van der Waals surface area contributed by atoms with Crippen LogP contribution in [0.15, 0.2) is 176 Å². The first-order chi connectivity index (χ1) is 22.8. The highest BCUT2D eigenvalue weighted by atomic mass is 14.6. The zero-order valence-electron chi connectivity index (χ0n) is 25.2. The molecule has 0 saturated heterocycles. The topological polar surface area (TPSA) is 12.9 Å². The van der Waals surface area contributed by atoms with E-state index < -0.39 is 0 Å². The van der Waals surface area contributed by atoms with Crippen LogP contribution in [0.4, 0.5) is 0 Å². The normalized spacial score (nSPS) is 11.5. The van der Waals surface area contributed by atoms with Crippen molar-refractivity contribution in [2.24, 2.45) is 0 Å². The highest BCUT2D eigenvalue weighted by Crippen LogP contribution is 2.49. The Balaban J connectivity index is 1.44. The summed E-state index contributed by atoms with van der Waals surface area (Å²) in [5, 5.41) is 9.98. The van der Waals surface area contributed by atoms with E-state index in [2.05, 4.69) is 163 Å². The fraction of sp³-hybridized carbons (Fsp3) is 0. The van der Waals surface area contributed by atoms with E-state index in [1.807, 2.05) is 18.5 Å². The highest BCUT2D eigenvalue weighted by molar-refractivity contribution is 6.25. The van der Waals surface area contributed by atoms with E-state index in [9.17, 15) is 0 Å². The van der Waals surface area contributed by atoms with Crippen molar-refractivity contribution >= 4 is 43.1 Å². The molecular formula is C45H29N. The van der Waals surface area contributed by atoms with Crippen LogP contribution < -0.4 is 0 Å². The van der Waals surface area contributed by atoms with Crippen molar-refractivity contribution in [3.05, 3.63) is 176 Å². The number of pyridine rings is 1. The van der Waals surface area contributed by atoms with Crippen molar-refractivity contribution in [3.63, 3.8) is 0 Å². The summed E-state index contributed by atoms with van der Waals surface area (Å²) < 4.78 is 0. The number of aromatic nitrogens is 1. The Hall–Kier alpha value is -6.05. The van der Waals surface area contributed by atoms with E-state index in [-0.39, 0.29) is 0 Å². The van der Waals surface area contributed by atoms with Gasteiger partial charge in [-0.1, -0.05) is 146 Å². The number of benzene rings is 8. The van der Waals surface area contributed by atoms with Crippen molar-refractivity contribution in [1.82, 2.24) is 4.98 Å². The lowest BCUT2D eigenvalue weighted by atomic mass is 9.81. The predicted octanol–water partition coefficient (Wildman–Crippen LogP) is 12.4. The first kappa shape index (κ1) is 26.4. The minimum absolute atomic E-state index is 1.12. The van der Waals surface area contributed by atoms with Gasteiger partial charge in [-0.15, -0.1) is 0 Å². The Labute approximate surface area is 268 Å². The summed E-state index contributed by atoms with van der Waals surface area (Å²) >= 11 is 0. The molecule has 1 aromatic heterocycles. The molecule has 1 heterocycles. The molecule has 0 aliphatic heterocycles. The molecule has 9 rings (SSSR count). The maximum atomic E-state index is 4.52. The van der Waals surface area contributed by atoms with E-state index in [1.54, 1.807) is 0 Å². The Kier molecular flexibility index (Phi) is 6.21. The number of hydrogen-bond donors (Lipinski definition) is 0. The van der Waals surface area contributed by atoms with Crippen LogP contribution in [-0.2, 0) is 0 Å². The van der Waals surface area contributed by atoms with Gasteiger partial charge < -0.3 is 0 Å². The van der Waals surface area contributed by atoms with Crippen LogP contribution in [0, 0.1) is 0 Å². The average molecular weight is 584 g/mol. The number of nitrogens with zero attached hydrogens (tertiary/aromatic N) is 1. The van der Waals surface area contributed by atoms with Crippen molar-refractivity contribution in [3.8, 4) is 44.5 Å². The summed E-state index contributed by atoms with van der Waals surface area (Å²) in [7, 11) is 0. The molecule has 0 fully saturated rings. The predicted molar refractivity (Wildman–Crippen MR) is 196 cm³/mol. The second-order valence-electron chi connectivity index (χ2n) is 11.9. The number of hydrogen-bond acceptors (Lipinski definition) is 1. The van der Waals surface area contributed by atoms with Gasteiger partial charge in [0.2, 0.25) is 0 Å². The Morgan fingerprint density at radius 2 is 0.848 bits per heavy atom. The van der Waals surface area contributed by atoms with E-state index in [0.29, 0.717) is 0 Å². The molecular weight excluding hydrogens is 555 g/mol. The molecule has 0 aliphatic rings. The van der Waals surface area contributed by atoms with Gasteiger partial charge in [-0.25, -0.2) is 0 Å². The largest absolute Gasteiger partial charge is 0.264 e. The molecule has 0 bridgehead atoms. The van der Waals surface area contributed by atoms with Crippen LogP contribution in [0.25, 0.3) is 87.6 Å². The molecule has 0 saturated carbocycles. The Bertz CT molecular complexity index is 2510. The van der Waals surface area contributed by atoms with Crippen LogP contribution in [-0.4, -0.2) is 4.98 Å². The summed E-state index contributed by atoms with van der Waals surface area (Å²) in [6.07, 6.45) is 3.83. The third kappa shape index (κ3) is 4.21. The zero-order valence-corrected chi connectivity index (χ0v) is 25.2. The van der Waals surface area contributed by atoms with Crippen LogP contribution in [0.3, 0.4) is 0 Å². The molecule has 46 heavy (non-hydrogen) atoms. The van der Waals surface area contributed by atoms with Gasteiger partial charge in [0.05, 0.1) is 0 Å². The first-order valence-electron chi connectivity index (χ1n) is 15.8. The van der Waals surface area contributed by atoms with Crippen LogP contribution in [0.5, 0.6) is 0 Å². The Morgan fingerprint density at radius 1 is 0.304 bits per heavy atom. The minimum Gasteiger partial charge on any atom is -0.264 e. The van der Waals surface area contributed by atoms with E-state index >= 15 is 0 Å². The van der Waals surface area contributed by atoms with Gasteiger partial charge in [0, 0.05) is 18.0 Å². The molecule has 0 aliphatic carbocycles. The maximum absolute atomic E-state index is 4.52. The Morgan fingerprint density at radius 3 is 1.50 bits per heavy atom. The van der Waals surface area contributed by atoms with E-state index in [4.69, 9.17) is 0 Å². The third-order valence-electron chi connectivity index (χ3n) is 9.32. The molecule has 0 amide bonds. The van der Waals surface area contributed by atoms with Crippen LogP contribution in [0.2, 0.25) is 0 Å². The summed E-state index contributed by atoms with van der Waals surface area (Å²) in [6.45, 7) is 0. The maximum Gasteiger partial charge on any atom is 0.0346 e. The van der Waals surface area contributed by atoms with Crippen LogP contribution in [0.1, 0.15) is 0 Å². The number of fused-ring (bicyclic) bond motifs is 4. The molecule has 9 aromatic rings. The minimum atomic E-state index is 1.12. The van der Waals surface area contributed by atoms with Gasteiger partial charge in [0.25, 0.3) is 0 Å².